The van der Waals surface area contributed by atoms with Gasteiger partial charge in [-0.15, -0.1) is 0 Å². The van der Waals surface area contributed by atoms with Gasteiger partial charge in [-0.25, -0.2) is 0 Å². The summed E-state index contributed by atoms with van der Waals surface area (Å²) in [6.07, 6.45) is -0.988. The van der Waals surface area contributed by atoms with Crippen molar-refractivity contribution in [3.8, 4) is 0 Å². The molecule has 0 saturated carbocycles. The molecule has 0 radical (unpaired) electrons. The minimum Gasteiger partial charge on any atom is -0.394 e. The highest BCUT2D eigenvalue weighted by Gasteiger charge is 2.25. The number of likely N-dealkylation sites (N-methyl/N-ethyl adjacent to an activating group) is 2. The molecule has 0 aromatic carbocycles. The molecule has 3 N–H and O–H groups in total. The van der Waals surface area contributed by atoms with Gasteiger partial charge >= 0.3 is 0 Å². The van der Waals surface area contributed by atoms with E-state index in [1.807, 2.05) is 42.3 Å². The first-order valence-corrected chi connectivity index (χ1v) is 8.22. The number of rotatable bonds is 13. The second-order valence-corrected chi connectivity index (χ2v) is 8.16. The van der Waals surface area contributed by atoms with E-state index in [0.717, 1.165) is 0 Å². The maximum Gasteiger partial charge on any atom is 0.129 e. The fourth-order valence-corrected chi connectivity index (χ4v) is 2.37. The van der Waals surface area contributed by atoms with Crippen molar-refractivity contribution >= 4 is 0 Å². The molecule has 140 valence electrons. The Labute approximate surface area is 141 Å². The molecule has 0 spiro atoms. The zero-order chi connectivity index (χ0) is 18.1. The fourth-order valence-electron chi connectivity index (χ4n) is 2.37. The Morgan fingerprint density at radius 1 is 0.870 bits per heavy atom. The van der Waals surface area contributed by atoms with E-state index in [9.17, 15) is 10.2 Å². The van der Waals surface area contributed by atoms with Crippen LogP contribution in [0.25, 0.3) is 0 Å². The SMILES string of the molecule is C[N+](C)(C)CC(O)COCCC(OCCO)C(O)C[N+](C)(C)C. The maximum atomic E-state index is 10.3. The van der Waals surface area contributed by atoms with Gasteiger partial charge in [-0.3, -0.25) is 0 Å². The Morgan fingerprint density at radius 2 is 1.43 bits per heavy atom. The molecule has 0 aliphatic carbocycles. The molecular weight excluding hydrogens is 300 g/mol. The minimum absolute atomic E-state index is 0.0728. The summed E-state index contributed by atoms with van der Waals surface area (Å²) in [5.74, 6) is 0. The van der Waals surface area contributed by atoms with Gasteiger partial charge in [0.25, 0.3) is 0 Å². The van der Waals surface area contributed by atoms with Crippen LogP contribution in [0.1, 0.15) is 6.42 Å². The molecule has 0 aromatic rings. The van der Waals surface area contributed by atoms with E-state index in [1.54, 1.807) is 0 Å². The maximum absolute atomic E-state index is 10.3. The Hall–Kier alpha value is -0.280. The molecule has 0 aliphatic rings. The third-order valence-electron chi connectivity index (χ3n) is 3.20. The molecule has 0 amide bonds. The smallest absolute Gasteiger partial charge is 0.129 e. The molecule has 7 nitrogen and oxygen atoms in total. The van der Waals surface area contributed by atoms with Crippen molar-refractivity contribution in [1.82, 2.24) is 0 Å². The monoisotopic (exact) mass is 338 g/mol. The highest BCUT2D eigenvalue weighted by molar-refractivity contribution is 4.69. The van der Waals surface area contributed by atoms with E-state index in [2.05, 4.69) is 0 Å². The molecule has 0 heterocycles. The summed E-state index contributed by atoms with van der Waals surface area (Å²) in [5.41, 5.74) is 0. The van der Waals surface area contributed by atoms with Gasteiger partial charge < -0.3 is 33.8 Å². The van der Waals surface area contributed by atoms with Gasteiger partial charge in [0.15, 0.2) is 0 Å². The van der Waals surface area contributed by atoms with Crippen LogP contribution in [0.15, 0.2) is 0 Å². The summed E-state index contributed by atoms with van der Waals surface area (Å²) in [4.78, 5) is 0. The van der Waals surface area contributed by atoms with Gasteiger partial charge in [-0.2, -0.15) is 0 Å². The highest BCUT2D eigenvalue weighted by Crippen LogP contribution is 2.09. The summed E-state index contributed by atoms with van der Waals surface area (Å²) >= 11 is 0. The number of hydrogen-bond donors (Lipinski definition) is 3. The van der Waals surface area contributed by atoms with E-state index in [4.69, 9.17) is 14.6 Å². The second kappa shape index (κ2) is 10.6. The van der Waals surface area contributed by atoms with Gasteiger partial charge in [-0.1, -0.05) is 0 Å². The van der Waals surface area contributed by atoms with Crippen LogP contribution in [-0.4, -0.2) is 124 Å². The predicted octanol–water partition coefficient (Wildman–Crippen LogP) is -1.10. The van der Waals surface area contributed by atoms with Crippen molar-refractivity contribution in [3.63, 3.8) is 0 Å². The predicted molar refractivity (Wildman–Crippen MR) is 90.1 cm³/mol. The molecule has 3 atom stereocenters. The Kier molecular flexibility index (Phi) is 10.4. The largest absolute Gasteiger partial charge is 0.394 e. The van der Waals surface area contributed by atoms with E-state index in [0.29, 0.717) is 35.1 Å². The summed E-state index contributed by atoms with van der Waals surface area (Å²) in [5, 5.41) is 29.1. The molecule has 0 fully saturated rings. The lowest BCUT2D eigenvalue weighted by molar-refractivity contribution is -0.874. The van der Waals surface area contributed by atoms with Crippen molar-refractivity contribution in [2.45, 2.75) is 24.7 Å². The van der Waals surface area contributed by atoms with Gasteiger partial charge in [0, 0.05) is 6.61 Å². The average molecular weight is 338 g/mol. The number of nitrogens with zero attached hydrogens (tertiary/aromatic N) is 2. The Bertz CT molecular complexity index is 302. The van der Waals surface area contributed by atoms with Gasteiger partial charge in [-0.05, 0) is 6.42 Å². The Balaban J connectivity index is 4.19. The lowest BCUT2D eigenvalue weighted by atomic mass is 10.1. The van der Waals surface area contributed by atoms with Crippen LogP contribution in [-0.2, 0) is 9.47 Å². The van der Waals surface area contributed by atoms with Crippen LogP contribution in [0.2, 0.25) is 0 Å². The zero-order valence-electron chi connectivity index (χ0n) is 15.7. The number of ether oxygens (including phenoxy) is 2. The average Bonchev–Trinajstić information content (AvgIpc) is 2.33. The van der Waals surface area contributed by atoms with Crippen LogP contribution >= 0.6 is 0 Å². The standard InChI is InChI=1S/C16H38N2O5/c1-17(2,3)11-14(20)13-22-9-7-16(23-10-8-19)15(21)12-18(4,5)6/h14-16,19-21H,7-13H2,1-6H3/q+2. The van der Waals surface area contributed by atoms with E-state index in [-0.39, 0.29) is 25.9 Å². The first-order valence-electron chi connectivity index (χ1n) is 8.22. The first-order chi connectivity index (χ1) is 10.4. The third kappa shape index (κ3) is 13.8. The zero-order valence-corrected chi connectivity index (χ0v) is 15.7. The highest BCUT2D eigenvalue weighted by atomic mass is 16.5. The van der Waals surface area contributed by atoms with Crippen molar-refractivity contribution in [3.05, 3.63) is 0 Å². The van der Waals surface area contributed by atoms with Gasteiger partial charge in [0.05, 0.1) is 68.2 Å². The number of aliphatic hydroxyl groups excluding tert-OH is 3. The first kappa shape index (κ1) is 22.7. The second-order valence-electron chi connectivity index (χ2n) is 8.16. The van der Waals surface area contributed by atoms with E-state index < -0.39 is 12.2 Å². The van der Waals surface area contributed by atoms with E-state index in [1.165, 1.54) is 0 Å². The lowest BCUT2D eigenvalue weighted by Crippen LogP contribution is -2.47. The topological polar surface area (TPSA) is 79.2 Å². The van der Waals surface area contributed by atoms with Crippen molar-refractivity contribution in [2.24, 2.45) is 0 Å². The van der Waals surface area contributed by atoms with Gasteiger partial charge in [0.2, 0.25) is 0 Å². The van der Waals surface area contributed by atoms with Crippen LogP contribution < -0.4 is 0 Å². The molecule has 0 bridgehead atoms. The Morgan fingerprint density at radius 3 is 1.91 bits per heavy atom. The fraction of sp³-hybridized carbons (Fsp3) is 1.00. The summed E-state index contributed by atoms with van der Waals surface area (Å²) in [6.45, 7) is 1.97. The van der Waals surface area contributed by atoms with Crippen LogP contribution in [0, 0.1) is 0 Å². The molecule has 0 rings (SSSR count). The summed E-state index contributed by atoms with van der Waals surface area (Å²) < 4.78 is 12.3. The van der Waals surface area contributed by atoms with Crippen LogP contribution in [0.4, 0.5) is 0 Å². The lowest BCUT2D eigenvalue weighted by Gasteiger charge is -2.31. The third-order valence-corrected chi connectivity index (χ3v) is 3.20. The molecule has 23 heavy (non-hydrogen) atoms. The van der Waals surface area contributed by atoms with Crippen molar-refractivity contribution in [2.75, 3.05) is 81.8 Å². The molecular formula is C16H38N2O5+2. The van der Waals surface area contributed by atoms with Crippen molar-refractivity contribution < 1.29 is 33.8 Å². The normalized spacial score (nSPS) is 17.1. The van der Waals surface area contributed by atoms with Crippen LogP contribution in [0.5, 0.6) is 0 Å². The summed E-state index contributed by atoms with van der Waals surface area (Å²) in [7, 11) is 12.1. The minimum atomic E-state index is -0.624. The van der Waals surface area contributed by atoms with Gasteiger partial charge in [0.1, 0.15) is 25.3 Å². The van der Waals surface area contributed by atoms with E-state index >= 15 is 0 Å². The number of aliphatic hydroxyl groups is 3. The molecule has 0 aromatic heterocycles. The quantitative estimate of drug-likeness (QED) is 0.294. The number of hydrogen-bond acceptors (Lipinski definition) is 5. The molecule has 3 unspecified atom stereocenters. The molecule has 7 heteroatoms. The summed E-state index contributed by atoms with van der Waals surface area (Å²) in [6, 6.07) is 0. The number of quaternary nitrogens is 2. The molecule has 0 saturated heterocycles. The molecule has 0 aliphatic heterocycles. The van der Waals surface area contributed by atoms with Crippen LogP contribution in [0.3, 0.4) is 0 Å². The van der Waals surface area contributed by atoms with Crippen molar-refractivity contribution in [1.29, 1.82) is 0 Å².